The summed E-state index contributed by atoms with van der Waals surface area (Å²) in [5.74, 6) is -0.679. The largest absolute Gasteiger partial charge is 0.416 e. The van der Waals surface area contributed by atoms with Crippen molar-refractivity contribution in [3.8, 4) is 5.69 Å². The Morgan fingerprint density at radius 2 is 1.90 bits per heavy atom. The van der Waals surface area contributed by atoms with E-state index in [4.69, 9.17) is 0 Å². The minimum atomic E-state index is -4.58. The lowest BCUT2D eigenvalue weighted by molar-refractivity contribution is -0.137. The van der Waals surface area contributed by atoms with Gasteiger partial charge in [-0.1, -0.05) is 12.1 Å². The number of aromatic nitrogens is 4. The predicted octanol–water partition coefficient (Wildman–Crippen LogP) is 3.24. The van der Waals surface area contributed by atoms with E-state index in [2.05, 4.69) is 15.4 Å². The molecular weight excluding hydrogens is 399 g/mol. The third kappa shape index (κ3) is 3.79. The molecule has 0 bridgehead atoms. The summed E-state index contributed by atoms with van der Waals surface area (Å²) in [4.78, 5) is 29.2. The second-order valence-corrected chi connectivity index (χ2v) is 6.42. The van der Waals surface area contributed by atoms with E-state index in [-0.39, 0.29) is 11.4 Å². The van der Waals surface area contributed by atoms with Gasteiger partial charge in [-0.2, -0.15) is 18.3 Å². The van der Waals surface area contributed by atoms with E-state index in [0.717, 1.165) is 16.7 Å². The molecule has 0 radical (unpaired) electrons. The number of amides is 1. The molecule has 0 saturated carbocycles. The Hall–Kier alpha value is -3.95. The van der Waals surface area contributed by atoms with Gasteiger partial charge in [-0.25, -0.2) is 9.67 Å². The first-order valence-corrected chi connectivity index (χ1v) is 8.78. The maximum Gasteiger partial charge on any atom is 0.416 e. The van der Waals surface area contributed by atoms with E-state index in [1.165, 1.54) is 29.5 Å². The molecule has 0 saturated heterocycles. The number of halogens is 3. The summed E-state index contributed by atoms with van der Waals surface area (Å²) in [6, 6.07) is 11.2. The van der Waals surface area contributed by atoms with Gasteiger partial charge in [0.05, 0.1) is 34.2 Å². The Labute approximate surface area is 167 Å². The van der Waals surface area contributed by atoms with Gasteiger partial charge in [0.25, 0.3) is 5.56 Å². The van der Waals surface area contributed by atoms with Gasteiger partial charge in [0.1, 0.15) is 6.54 Å². The van der Waals surface area contributed by atoms with E-state index in [0.29, 0.717) is 10.9 Å². The number of alkyl halides is 3. The summed E-state index contributed by atoms with van der Waals surface area (Å²) in [5, 5.41) is 6.78. The molecule has 0 unspecified atom stereocenters. The van der Waals surface area contributed by atoms with Crippen molar-refractivity contribution in [3.63, 3.8) is 0 Å². The summed E-state index contributed by atoms with van der Waals surface area (Å²) < 4.78 is 41.8. The summed E-state index contributed by atoms with van der Waals surface area (Å²) in [6.45, 7) is -0.411. The Bertz CT molecular complexity index is 1280. The third-order valence-corrected chi connectivity index (χ3v) is 4.39. The number of hydrogen-bond donors (Lipinski definition) is 1. The van der Waals surface area contributed by atoms with Gasteiger partial charge in [0.15, 0.2) is 0 Å². The van der Waals surface area contributed by atoms with Crippen LogP contribution in [0.1, 0.15) is 5.56 Å². The molecule has 2 aromatic heterocycles. The van der Waals surface area contributed by atoms with Gasteiger partial charge in [0, 0.05) is 12.4 Å². The van der Waals surface area contributed by atoms with Crippen molar-refractivity contribution in [3.05, 3.63) is 83.2 Å². The smallest absolute Gasteiger partial charge is 0.323 e. The molecule has 1 N–H and O–H groups in total. The third-order valence-electron chi connectivity index (χ3n) is 4.39. The number of carbonyl (C=O) groups excluding carboxylic acids is 1. The molecule has 152 valence electrons. The number of carbonyl (C=O) groups is 1. The van der Waals surface area contributed by atoms with Crippen LogP contribution in [0, 0.1) is 0 Å². The first kappa shape index (κ1) is 19.4. The zero-order valence-electron chi connectivity index (χ0n) is 15.3. The van der Waals surface area contributed by atoms with Crippen molar-refractivity contribution in [1.29, 1.82) is 0 Å². The van der Waals surface area contributed by atoms with Gasteiger partial charge < -0.3 is 5.32 Å². The second kappa shape index (κ2) is 7.47. The molecule has 0 fully saturated rings. The average Bonchev–Trinajstić information content (AvgIpc) is 3.24. The molecule has 0 atom stereocenters. The van der Waals surface area contributed by atoms with Crippen LogP contribution in [0.5, 0.6) is 0 Å². The Balaban J connectivity index is 1.66. The normalized spacial score (nSPS) is 11.6. The minimum absolute atomic E-state index is 0.0830. The SMILES string of the molecule is O=C(Cn1cnc2ccccc2c1=O)Nc1cc(C(F)(F)F)ccc1-n1cccn1. The molecule has 1 amide bonds. The van der Waals surface area contributed by atoms with Crippen LogP contribution in [0.4, 0.5) is 18.9 Å². The molecule has 10 heteroatoms. The standard InChI is InChI=1S/C20H14F3N5O2/c21-20(22,23)13-6-7-17(28-9-3-8-25-28)16(10-13)26-18(29)11-27-12-24-15-5-2-1-4-14(15)19(27)30/h1-10,12H,11H2,(H,26,29). The van der Waals surface area contributed by atoms with Crippen molar-refractivity contribution >= 4 is 22.5 Å². The highest BCUT2D eigenvalue weighted by molar-refractivity contribution is 5.93. The fraction of sp³-hybridized carbons (Fsp3) is 0.100. The van der Waals surface area contributed by atoms with Crippen LogP contribution in [-0.4, -0.2) is 25.2 Å². The Morgan fingerprint density at radius 1 is 1.10 bits per heavy atom. The van der Waals surface area contributed by atoms with Crippen LogP contribution >= 0.6 is 0 Å². The topological polar surface area (TPSA) is 81.8 Å². The summed E-state index contributed by atoms with van der Waals surface area (Å²) in [5.41, 5.74) is -0.686. The predicted molar refractivity (Wildman–Crippen MR) is 103 cm³/mol. The van der Waals surface area contributed by atoms with Crippen molar-refractivity contribution in [1.82, 2.24) is 19.3 Å². The van der Waals surface area contributed by atoms with Crippen LogP contribution in [0.25, 0.3) is 16.6 Å². The highest BCUT2D eigenvalue weighted by Gasteiger charge is 2.31. The maximum absolute atomic E-state index is 13.1. The van der Waals surface area contributed by atoms with Crippen LogP contribution in [0.15, 0.2) is 72.0 Å². The van der Waals surface area contributed by atoms with E-state index in [1.54, 1.807) is 30.3 Å². The van der Waals surface area contributed by atoms with E-state index < -0.39 is 29.8 Å². The number of nitrogens with zero attached hydrogens (tertiary/aromatic N) is 4. The highest BCUT2D eigenvalue weighted by Crippen LogP contribution is 2.33. The molecule has 0 spiro atoms. The van der Waals surface area contributed by atoms with Gasteiger partial charge in [-0.15, -0.1) is 0 Å². The number of para-hydroxylation sites is 1. The lowest BCUT2D eigenvalue weighted by atomic mass is 10.1. The highest BCUT2D eigenvalue weighted by atomic mass is 19.4. The van der Waals surface area contributed by atoms with Crippen molar-refractivity contribution in [2.75, 3.05) is 5.32 Å². The van der Waals surface area contributed by atoms with Crippen molar-refractivity contribution in [2.24, 2.45) is 0 Å². The molecular formula is C20H14F3N5O2. The van der Waals surface area contributed by atoms with Crippen LogP contribution in [0.2, 0.25) is 0 Å². The number of nitrogens with one attached hydrogen (secondary N) is 1. The molecule has 2 heterocycles. The number of hydrogen-bond acceptors (Lipinski definition) is 4. The lowest BCUT2D eigenvalue weighted by Gasteiger charge is -2.15. The Morgan fingerprint density at radius 3 is 2.63 bits per heavy atom. The molecule has 4 aromatic rings. The van der Waals surface area contributed by atoms with Crippen LogP contribution in [-0.2, 0) is 17.5 Å². The van der Waals surface area contributed by atoms with Crippen LogP contribution in [0.3, 0.4) is 0 Å². The van der Waals surface area contributed by atoms with Crippen molar-refractivity contribution < 1.29 is 18.0 Å². The zero-order valence-corrected chi connectivity index (χ0v) is 15.3. The molecule has 2 aromatic carbocycles. The lowest BCUT2D eigenvalue weighted by Crippen LogP contribution is -2.28. The first-order chi connectivity index (χ1) is 14.3. The average molecular weight is 413 g/mol. The van der Waals surface area contributed by atoms with E-state index in [9.17, 15) is 22.8 Å². The fourth-order valence-electron chi connectivity index (χ4n) is 2.99. The molecule has 30 heavy (non-hydrogen) atoms. The van der Waals surface area contributed by atoms with Gasteiger partial charge in [0.2, 0.25) is 5.91 Å². The van der Waals surface area contributed by atoms with Crippen molar-refractivity contribution in [2.45, 2.75) is 12.7 Å². The van der Waals surface area contributed by atoms with Crippen LogP contribution < -0.4 is 10.9 Å². The van der Waals surface area contributed by atoms with Gasteiger partial charge in [-0.3, -0.25) is 14.2 Å². The molecule has 0 aliphatic heterocycles. The quantitative estimate of drug-likeness (QED) is 0.557. The summed E-state index contributed by atoms with van der Waals surface area (Å²) in [6.07, 6.45) is -0.355. The molecule has 7 nitrogen and oxygen atoms in total. The summed E-state index contributed by atoms with van der Waals surface area (Å²) in [7, 11) is 0. The monoisotopic (exact) mass is 413 g/mol. The number of anilines is 1. The summed E-state index contributed by atoms with van der Waals surface area (Å²) >= 11 is 0. The number of fused-ring (bicyclic) bond motifs is 1. The molecule has 0 aliphatic rings. The minimum Gasteiger partial charge on any atom is -0.323 e. The van der Waals surface area contributed by atoms with Gasteiger partial charge in [-0.05, 0) is 36.4 Å². The zero-order chi connectivity index (χ0) is 21.3. The fourth-order valence-corrected chi connectivity index (χ4v) is 2.99. The first-order valence-electron chi connectivity index (χ1n) is 8.78. The van der Waals surface area contributed by atoms with E-state index >= 15 is 0 Å². The number of rotatable bonds is 4. The maximum atomic E-state index is 13.1. The molecule has 0 aliphatic carbocycles. The van der Waals surface area contributed by atoms with Gasteiger partial charge >= 0.3 is 6.18 Å². The number of benzene rings is 2. The molecule has 4 rings (SSSR count). The Kier molecular flexibility index (Phi) is 4.82. The second-order valence-electron chi connectivity index (χ2n) is 6.42. The van der Waals surface area contributed by atoms with E-state index in [1.807, 2.05) is 0 Å².